The number of hydrogen-bond acceptors (Lipinski definition) is 3. The molecule has 1 aromatic rings. The molecule has 1 aromatic carbocycles. The van der Waals surface area contributed by atoms with Crippen LogP contribution >= 0.6 is 22.6 Å². The fourth-order valence-electron chi connectivity index (χ4n) is 3.32. The number of hydrogen-bond donors (Lipinski definition) is 1. The van der Waals surface area contributed by atoms with Crippen molar-refractivity contribution in [3.05, 3.63) is 33.4 Å². The van der Waals surface area contributed by atoms with Crippen LogP contribution in [0, 0.1) is 3.57 Å². The largest absolute Gasteiger partial charge is 0.338 e. The summed E-state index contributed by atoms with van der Waals surface area (Å²) < 4.78 is 1.08. The number of imide groups is 1. The molecule has 0 aromatic heterocycles. The minimum absolute atomic E-state index is 0.0289. The second-order valence-corrected chi connectivity index (χ2v) is 7.83. The van der Waals surface area contributed by atoms with Crippen LogP contribution in [0.2, 0.25) is 0 Å². The van der Waals surface area contributed by atoms with Gasteiger partial charge in [-0.25, -0.2) is 4.79 Å². The summed E-state index contributed by atoms with van der Waals surface area (Å²) in [5, 5.41) is 2.86. The maximum atomic E-state index is 12.7. The number of nitrogens with zero attached hydrogens (tertiary/aromatic N) is 2. The summed E-state index contributed by atoms with van der Waals surface area (Å²) in [4.78, 5) is 40.4. The van der Waals surface area contributed by atoms with E-state index in [2.05, 4.69) is 27.9 Å². The van der Waals surface area contributed by atoms with Crippen molar-refractivity contribution in [3.8, 4) is 0 Å². The zero-order valence-electron chi connectivity index (χ0n) is 13.7. The first-order valence-corrected chi connectivity index (χ1v) is 9.12. The fourth-order valence-corrected chi connectivity index (χ4v) is 3.68. The summed E-state index contributed by atoms with van der Waals surface area (Å²) in [5.74, 6) is -0.192. The normalized spacial score (nSPS) is 20.0. The quantitative estimate of drug-likeness (QED) is 0.566. The molecule has 2 aliphatic heterocycles. The first-order chi connectivity index (χ1) is 11.3. The molecule has 128 valence electrons. The Hall–Kier alpha value is -1.64. The van der Waals surface area contributed by atoms with Gasteiger partial charge in [0.25, 0.3) is 11.8 Å². The molecular weight excluding hydrogens is 421 g/mol. The van der Waals surface area contributed by atoms with Crippen molar-refractivity contribution in [1.82, 2.24) is 15.1 Å². The predicted octanol–water partition coefficient (Wildman–Crippen LogP) is 2.23. The summed E-state index contributed by atoms with van der Waals surface area (Å²) in [6.07, 6.45) is 0.911. The number of amides is 4. The standard InChI is InChI=1S/C17H20IN3O3/c1-11(2)21-15(23)17(19-16(21)24)7-9-20(10-8-17)14(22)12-3-5-13(18)6-4-12/h3-6,11H,7-10H2,1-2H3,(H,19,24). The van der Waals surface area contributed by atoms with E-state index in [9.17, 15) is 14.4 Å². The van der Waals surface area contributed by atoms with E-state index in [-0.39, 0.29) is 23.9 Å². The number of urea groups is 1. The number of piperidine rings is 1. The van der Waals surface area contributed by atoms with Crippen LogP contribution in [-0.4, -0.2) is 52.3 Å². The van der Waals surface area contributed by atoms with Gasteiger partial charge in [-0.1, -0.05) is 0 Å². The molecule has 2 saturated heterocycles. The molecule has 24 heavy (non-hydrogen) atoms. The molecule has 0 saturated carbocycles. The summed E-state index contributed by atoms with van der Waals surface area (Å²) in [5.41, 5.74) is -0.193. The molecule has 3 rings (SSSR count). The van der Waals surface area contributed by atoms with Gasteiger partial charge in [0, 0.05) is 28.3 Å². The monoisotopic (exact) mass is 441 g/mol. The van der Waals surface area contributed by atoms with Gasteiger partial charge in [-0.05, 0) is 73.5 Å². The Labute approximate surface area is 154 Å². The van der Waals surface area contributed by atoms with Gasteiger partial charge in [0.2, 0.25) is 0 Å². The van der Waals surface area contributed by atoms with Crippen LogP contribution in [0.3, 0.4) is 0 Å². The van der Waals surface area contributed by atoms with E-state index in [1.165, 1.54) is 4.90 Å². The highest BCUT2D eigenvalue weighted by Gasteiger charge is 2.53. The van der Waals surface area contributed by atoms with Crippen LogP contribution in [0.5, 0.6) is 0 Å². The van der Waals surface area contributed by atoms with Gasteiger partial charge in [0.05, 0.1) is 0 Å². The van der Waals surface area contributed by atoms with Gasteiger partial charge in [-0.15, -0.1) is 0 Å². The van der Waals surface area contributed by atoms with Crippen molar-refractivity contribution >= 4 is 40.4 Å². The van der Waals surface area contributed by atoms with E-state index in [1.54, 1.807) is 4.90 Å². The molecule has 2 fully saturated rings. The molecule has 2 aliphatic rings. The molecular formula is C17H20IN3O3. The molecule has 0 atom stereocenters. The Morgan fingerprint density at radius 1 is 1.17 bits per heavy atom. The Bertz CT molecular complexity index is 679. The van der Waals surface area contributed by atoms with E-state index in [4.69, 9.17) is 0 Å². The first kappa shape index (κ1) is 17.2. The van der Waals surface area contributed by atoms with Crippen molar-refractivity contribution in [3.63, 3.8) is 0 Å². The van der Waals surface area contributed by atoms with Crippen LogP contribution in [0.1, 0.15) is 37.0 Å². The molecule has 0 bridgehead atoms. The van der Waals surface area contributed by atoms with Gasteiger partial charge < -0.3 is 10.2 Å². The zero-order chi connectivity index (χ0) is 17.5. The highest BCUT2D eigenvalue weighted by molar-refractivity contribution is 14.1. The van der Waals surface area contributed by atoms with Crippen LogP contribution in [0.4, 0.5) is 4.79 Å². The number of carbonyl (C=O) groups excluding carboxylic acids is 3. The second kappa shape index (κ2) is 6.34. The predicted molar refractivity (Wildman–Crippen MR) is 97.5 cm³/mol. The van der Waals surface area contributed by atoms with Crippen molar-refractivity contribution in [2.45, 2.75) is 38.3 Å². The van der Waals surface area contributed by atoms with Crippen LogP contribution in [0.15, 0.2) is 24.3 Å². The summed E-state index contributed by atoms with van der Waals surface area (Å²) in [6, 6.07) is 6.95. The summed E-state index contributed by atoms with van der Waals surface area (Å²) in [6.45, 7) is 4.57. The van der Waals surface area contributed by atoms with E-state index in [1.807, 2.05) is 38.1 Å². The Morgan fingerprint density at radius 2 is 1.75 bits per heavy atom. The fraction of sp³-hybridized carbons (Fsp3) is 0.471. The van der Waals surface area contributed by atoms with E-state index in [0.717, 1.165) is 3.57 Å². The van der Waals surface area contributed by atoms with Gasteiger partial charge in [-0.3, -0.25) is 14.5 Å². The van der Waals surface area contributed by atoms with Crippen molar-refractivity contribution in [2.75, 3.05) is 13.1 Å². The lowest BCUT2D eigenvalue weighted by Gasteiger charge is -2.37. The smallest absolute Gasteiger partial charge is 0.325 e. The molecule has 0 radical (unpaired) electrons. The Kier molecular flexibility index (Phi) is 4.54. The van der Waals surface area contributed by atoms with Gasteiger partial charge in [-0.2, -0.15) is 0 Å². The van der Waals surface area contributed by atoms with Gasteiger partial charge >= 0.3 is 6.03 Å². The lowest BCUT2D eigenvalue weighted by Crippen LogP contribution is -2.56. The van der Waals surface area contributed by atoms with E-state index >= 15 is 0 Å². The molecule has 1 spiro atoms. The van der Waals surface area contributed by atoms with E-state index < -0.39 is 5.54 Å². The molecule has 7 heteroatoms. The van der Waals surface area contributed by atoms with Crippen LogP contribution in [0.25, 0.3) is 0 Å². The maximum absolute atomic E-state index is 12.7. The maximum Gasteiger partial charge on any atom is 0.325 e. The number of halogens is 1. The van der Waals surface area contributed by atoms with Gasteiger partial charge in [0.15, 0.2) is 0 Å². The number of carbonyl (C=O) groups is 3. The average Bonchev–Trinajstić information content (AvgIpc) is 2.78. The SMILES string of the molecule is CC(C)N1C(=O)NC2(CCN(C(=O)c3ccc(I)cc3)CC2)C1=O. The molecule has 0 unspecified atom stereocenters. The number of rotatable bonds is 2. The lowest BCUT2D eigenvalue weighted by molar-refractivity contribution is -0.133. The number of nitrogens with one attached hydrogen (secondary N) is 1. The Morgan fingerprint density at radius 3 is 2.25 bits per heavy atom. The van der Waals surface area contributed by atoms with Crippen molar-refractivity contribution in [1.29, 1.82) is 0 Å². The molecule has 0 aliphatic carbocycles. The van der Waals surface area contributed by atoms with Crippen LogP contribution in [-0.2, 0) is 4.79 Å². The zero-order valence-corrected chi connectivity index (χ0v) is 15.9. The third-order valence-electron chi connectivity index (χ3n) is 4.70. The summed E-state index contributed by atoms with van der Waals surface area (Å²) in [7, 11) is 0. The second-order valence-electron chi connectivity index (χ2n) is 6.58. The third kappa shape index (κ3) is 2.89. The van der Waals surface area contributed by atoms with Crippen molar-refractivity contribution < 1.29 is 14.4 Å². The highest BCUT2D eigenvalue weighted by Crippen LogP contribution is 2.31. The van der Waals surface area contributed by atoms with Crippen LogP contribution < -0.4 is 5.32 Å². The molecule has 2 heterocycles. The average molecular weight is 441 g/mol. The minimum atomic E-state index is -0.843. The van der Waals surface area contributed by atoms with E-state index in [0.29, 0.717) is 31.5 Å². The minimum Gasteiger partial charge on any atom is -0.338 e. The topological polar surface area (TPSA) is 69.7 Å². The third-order valence-corrected chi connectivity index (χ3v) is 5.42. The number of likely N-dealkylation sites (tertiary alicyclic amines) is 1. The Balaban J connectivity index is 1.70. The molecule has 1 N–H and O–H groups in total. The number of benzene rings is 1. The van der Waals surface area contributed by atoms with Crippen molar-refractivity contribution in [2.24, 2.45) is 0 Å². The summed E-state index contributed by atoms with van der Waals surface area (Å²) >= 11 is 2.20. The molecule has 4 amide bonds. The highest BCUT2D eigenvalue weighted by atomic mass is 127. The van der Waals surface area contributed by atoms with Gasteiger partial charge in [0.1, 0.15) is 5.54 Å². The first-order valence-electron chi connectivity index (χ1n) is 8.05. The lowest BCUT2D eigenvalue weighted by atomic mass is 9.87. The molecule has 6 nitrogen and oxygen atoms in total.